The fourth-order valence-corrected chi connectivity index (χ4v) is 2.91. The summed E-state index contributed by atoms with van der Waals surface area (Å²) in [6, 6.07) is 3.40. The number of ether oxygens (including phenoxy) is 2. The Bertz CT molecular complexity index is 888. The highest BCUT2D eigenvalue weighted by molar-refractivity contribution is 7.71. The molecule has 0 saturated heterocycles. The maximum Gasteiger partial charge on any atom is 0.258 e. The molecule has 154 valence electrons. The number of carbonyl (C=O) groups excluding carboxylic acids is 1. The molecule has 0 saturated carbocycles. The van der Waals surface area contributed by atoms with Crippen LogP contribution >= 0.6 is 23.8 Å². The Morgan fingerprint density at radius 3 is 2.68 bits per heavy atom. The lowest BCUT2D eigenvalue weighted by molar-refractivity contribution is -0.124. The molecule has 2 rings (SSSR count). The van der Waals surface area contributed by atoms with Crippen LogP contribution in [0.1, 0.15) is 39.1 Å². The quantitative estimate of drug-likeness (QED) is 0.560. The van der Waals surface area contributed by atoms with Crippen LogP contribution in [0, 0.1) is 4.77 Å². The van der Waals surface area contributed by atoms with Gasteiger partial charge in [-0.15, -0.1) is 0 Å². The van der Waals surface area contributed by atoms with Crippen molar-refractivity contribution in [3.63, 3.8) is 0 Å². The second-order valence-electron chi connectivity index (χ2n) is 7.15. The molecule has 10 heteroatoms. The molecule has 0 aliphatic carbocycles. The first kappa shape index (κ1) is 22.0. The molecule has 1 aromatic heterocycles. The zero-order chi connectivity index (χ0) is 20.9. The van der Waals surface area contributed by atoms with E-state index in [4.69, 9.17) is 33.3 Å². The van der Waals surface area contributed by atoms with Crippen LogP contribution in [0.25, 0.3) is 0 Å². The van der Waals surface area contributed by atoms with Gasteiger partial charge in [-0.25, -0.2) is 4.68 Å². The fourth-order valence-electron chi connectivity index (χ4n) is 2.48. The molecule has 0 atom stereocenters. The van der Waals surface area contributed by atoms with Crippen molar-refractivity contribution >= 4 is 29.7 Å². The Labute approximate surface area is 174 Å². The van der Waals surface area contributed by atoms with Crippen LogP contribution in [-0.4, -0.2) is 40.0 Å². The molecular weight excluding hydrogens is 402 g/mol. The molecule has 1 aromatic carbocycles. The summed E-state index contributed by atoms with van der Waals surface area (Å²) in [6.45, 7) is 7.97. The Balaban J connectivity index is 2.11. The molecule has 8 nitrogen and oxygen atoms in total. The number of H-pyrrole nitrogens is 1. The minimum Gasteiger partial charge on any atom is -0.493 e. The zero-order valence-corrected chi connectivity index (χ0v) is 18.3. The van der Waals surface area contributed by atoms with Gasteiger partial charge in [-0.1, -0.05) is 18.5 Å². The summed E-state index contributed by atoms with van der Waals surface area (Å²) in [7, 11) is 1.53. The van der Waals surface area contributed by atoms with Crippen molar-refractivity contribution in [3.8, 4) is 11.5 Å². The van der Waals surface area contributed by atoms with Gasteiger partial charge in [-0.05, 0) is 44.6 Å². The largest absolute Gasteiger partial charge is 0.493 e. The van der Waals surface area contributed by atoms with Gasteiger partial charge in [0.1, 0.15) is 0 Å². The summed E-state index contributed by atoms with van der Waals surface area (Å²) in [5.74, 6) is 1.45. The van der Waals surface area contributed by atoms with Crippen LogP contribution < -0.4 is 20.2 Å². The summed E-state index contributed by atoms with van der Waals surface area (Å²) in [4.78, 5) is 12.0. The van der Waals surface area contributed by atoms with Gasteiger partial charge in [0.15, 0.2) is 23.9 Å². The highest BCUT2D eigenvalue weighted by Gasteiger charge is 2.16. The monoisotopic (exact) mass is 427 g/mol. The number of aromatic nitrogens is 3. The lowest BCUT2D eigenvalue weighted by Gasteiger charge is -2.21. The number of benzene rings is 1. The smallest absolute Gasteiger partial charge is 0.258 e. The minimum atomic E-state index is -0.330. The SMILES string of the molecule is CCc1n[nH]c(=S)n1NCc1cc(OC)c(OCC(=O)NC(C)(C)C)cc1Cl. The van der Waals surface area contributed by atoms with Gasteiger partial charge in [0.25, 0.3) is 5.91 Å². The molecule has 0 aliphatic heterocycles. The van der Waals surface area contributed by atoms with Gasteiger partial charge in [0, 0.05) is 23.0 Å². The summed E-state index contributed by atoms with van der Waals surface area (Å²) >= 11 is 11.6. The van der Waals surface area contributed by atoms with Crippen LogP contribution in [0.15, 0.2) is 12.1 Å². The number of carbonyl (C=O) groups is 1. The first-order valence-electron chi connectivity index (χ1n) is 8.85. The molecule has 0 aliphatic rings. The Kier molecular flexibility index (Phi) is 7.31. The normalized spacial score (nSPS) is 11.2. The van der Waals surface area contributed by atoms with Crippen molar-refractivity contribution < 1.29 is 14.3 Å². The van der Waals surface area contributed by atoms with E-state index in [1.165, 1.54) is 7.11 Å². The van der Waals surface area contributed by atoms with Crippen LogP contribution in [0.5, 0.6) is 11.5 Å². The maximum absolute atomic E-state index is 12.0. The third kappa shape index (κ3) is 5.87. The maximum atomic E-state index is 12.0. The lowest BCUT2D eigenvalue weighted by atomic mass is 10.1. The van der Waals surface area contributed by atoms with Gasteiger partial charge in [-0.2, -0.15) is 5.10 Å². The summed E-state index contributed by atoms with van der Waals surface area (Å²) in [6.07, 6.45) is 0.723. The zero-order valence-electron chi connectivity index (χ0n) is 16.7. The second-order valence-corrected chi connectivity index (χ2v) is 7.94. The number of aryl methyl sites for hydroxylation is 1. The van der Waals surface area contributed by atoms with Crippen LogP contribution in [-0.2, 0) is 17.8 Å². The number of rotatable bonds is 8. The van der Waals surface area contributed by atoms with Gasteiger partial charge in [0.2, 0.25) is 4.77 Å². The van der Waals surface area contributed by atoms with Crippen molar-refractivity contribution in [2.24, 2.45) is 0 Å². The number of nitrogens with one attached hydrogen (secondary N) is 3. The number of methoxy groups -OCH3 is 1. The Morgan fingerprint density at radius 2 is 2.07 bits per heavy atom. The number of aromatic amines is 1. The number of hydrogen-bond acceptors (Lipinski definition) is 6. The Hall–Kier alpha value is -2.26. The van der Waals surface area contributed by atoms with Gasteiger partial charge < -0.3 is 20.2 Å². The highest BCUT2D eigenvalue weighted by Crippen LogP contribution is 2.33. The predicted octanol–water partition coefficient (Wildman–Crippen LogP) is 3.20. The average Bonchev–Trinajstić information content (AvgIpc) is 2.97. The molecule has 0 bridgehead atoms. The van der Waals surface area contributed by atoms with Crippen molar-refractivity contribution in [1.82, 2.24) is 20.2 Å². The molecule has 3 N–H and O–H groups in total. The minimum absolute atomic E-state index is 0.133. The van der Waals surface area contributed by atoms with E-state index in [9.17, 15) is 4.79 Å². The van der Waals surface area contributed by atoms with Crippen molar-refractivity contribution in [2.75, 3.05) is 19.1 Å². The topological polar surface area (TPSA) is 93.2 Å². The first-order valence-corrected chi connectivity index (χ1v) is 9.63. The third-order valence-corrected chi connectivity index (χ3v) is 4.32. The Morgan fingerprint density at radius 1 is 1.36 bits per heavy atom. The standard InChI is InChI=1S/C18H26ClN5O3S/c1-6-15-22-23-17(28)24(15)20-9-11-7-13(26-5)14(8-12(11)19)27-10-16(25)21-18(2,3)4/h7-8,20H,6,9-10H2,1-5H3,(H,21,25)(H,23,28). The van der Waals surface area contributed by atoms with Crippen molar-refractivity contribution in [3.05, 3.63) is 33.3 Å². The number of hydrogen-bond donors (Lipinski definition) is 3. The summed E-state index contributed by atoms with van der Waals surface area (Å²) < 4.78 is 13.2. The van der Waals surface area contributed by atoms with E-state index in [1.54, 1.807) is 16.8 Å². The van der Waals surface area contributed by atoms with Crippen molar-refractivity contribution in [1.29, 1.82) is 0 Å². The van der Waals surface area contributed by atoms with Gasteiger partial charge in [0.05, 0.1) is 13.7 Å². The van der Waals surface area contributed by atoms with Crippen LogP contribution in [0.4, 0.5) is 0 Å². The van der Waals surface area contributed by atoms with Crippen LogP contribution in [0.3, 0.4) is 0 Å². The van der Waals surface area contributed by atoms with E-state index in [-0.39, 0.29) is 18.1 Å². The fraction of sp³-hybridized carbons (Fsp3) is 0.500. The number of amides is 1. The highest BCUT2D eigenvalue weighted by atomic mass is 35.5. The lowest BCUT2D eigenvalue weighted by Crippen LogP contribution is -2.43. The van der Waals surface area contributed by atoms with E-state index in [2.05, 4.69) is 20.9 Å². The molecular formula is C18H26ClN5O3S. The molecule has 2 aromatic rings. The van der Waals surface area contributed by atoms with Gasteiger partial charge in [-0.3, -0.25) is 9.89 Å². The molecule has 0 fully saturated rings. The molecule has 0 unspecified atom stereocenters. The molecule has 28 heavy (non-hydrogen) atoms. The molecule has 1 heterocycles. The van der Waals surface area contributed by atoms with Crippen LogP contribution in [0.2, 0.25) is 5.02 Å². The van der Waals surface area contributed by atoms with Gasteiger partial charge >= 0.3 is 0 Å². The van der Waals surface area contributed by atoms with Crippen molar-refractivity contribution in [2.45, 2.75) is 46.2 Å². The average molecular weight is 428 g/mol. The van der Waals surface area contributed by atoms with E-state index in [0.717, 1.165) is 17.8 Å². The second kappa shape index (κ2) is 9.29. The summed E-state index contributed by atoms with van der Waals surface area (Å²) in [5, 5.41) is 10.2. The number of nitrogens with zero attached hydrogens (tertiary/aromatic N) is 2. The first-order chi connectivity index (χ1) is 13.1. The van der Waals surface area contributed by atoms with E-state index in [0.29, 0.717) is 27.8 Å². The van der Waals surface area contributed by atoms with E-state index >= 15 is 0 Å². The molecule has 0 spiro atoms. The molecule has 1 amide bonds. The third-order valence-electron chi connectivity index (χ3n) is 3.69. The van der Waals surface area contributed by atoms with E-state index in [1.807, 2.05) is 27.7 Å². The van der Waals surface area contributed by atoms with E-state index < -0.39 is 0 Å². The summed E-state index contributed by atoms with van der Waals surface area (Å²) in [5.41, 5.74) is 3.65. The predicted molar refractivity (Wildman–Crippen MR) is 111 cm³/mol. The molecule has 0 radical (unpaired) electrons. The number of halogens is 1.